The van der Waals surface area contributed by atoms with Crippen LogP contribution >= 0.6 is 15.9 Å². The normalized spacial score (nSPS) is 10.5. The van der Waals surface area contributed by atoms with Crippen LogP contribution in [0.4, 0.5) is 8.78 Å². The Bertz CT molecular complexity index is 302. The Morgan fingerprint density at radius 3 is 2.62 bits per heavy atom. The van der Waals surface area contributed by atoms with Gasteiger partial charge >= 0.3 is 0 Å². The van der Waals surface area contributed by atoms with Crippen LogP contribution in [0.5, 0.6) is 0 Å². The van der Waals surface area contributed by atoms with Crippen LogP contribution in [0.1, 0.15) is 12.0 Å². The molecule has 0 aromatic heterocycles. The molecule has 0 spiro atoms. The lowest BCUT2D eigenvalue weighted by Crippen LogP contribution is -1.95. The number of hydrogen-bond acceptors (Lipinski definition) is 1. The lowest BCUT2D eigenvalue weighted by molar-refractivity contribution is 0.288. The van der Waals surface area contributed by atoms with Gasteiger partial charge in [-0.05, 0) is 46.5 Å². The van der Waals surface area contributed by atoms with E-state index in [0.717, 1.165) is 12.1 Å². The Labute approximate surface area is 83.5 Å². The number of benzene rings is 1. The summed E-state index contributed by atoms with van der Waals surface area (Å²) in [6.07, 6.45) is 0.783. The number of halogens is 3. The van der Waals surface area contributed by atoms with Crippen molar-refractivity contribution in [1.82, 2.24) is 0 Å². The number of aliphatic hydroxyl groups is 1. The molecule has 0 saturated carbocycles. The van der Waals surface area contributed by atoms with E-state index in [4.69, 9.17) is 5.11 Å². The van der Waals surface area contributed by atoms with Gasteiger partial charge in [0.05, 0.1) is 4.47 Å². The summed E-state index contributed by atoms with van der Waals surface area (Å²) in [6.45, 7) is -0.0203. The molecule has 1 N–H and O–H groups in total. The second-order valence-electron chi connectivity index (χ2n) is 2.69. The Morgan fingerprint density at radius 2 is 2.00 bits per heavy atom. The zero-order valence-corrected chi connectivity index (χ0v) is 8.44. The molecule has 1 aromatic carbocycles. The summed E-state index contributed by atoms with van der Waals surface area (Å²) in [6, 6.07) is 2.23. The molecule has 0 aliphatic heterocycles. The number of rotatable bonds is 3. The van der Waals surface area contributed by atoms with E-state index >= 15 is 0 Å². The van der Waals surface area contributed by atoms with Gasteiger partial charge in [-0.1, -0.05) is 0 Å². The second kappa shape index (κ2) is 4.67. The summed E-state index contributed by atoms with van der Waals surface area (Å²) >= 11 is 2.91. The summed E-state index contributed by atoms with van der Waals surface area (Å²) in [5.74, 6) is -0.920. The van der Waals surface area contributed by atoms with Crippen molar-refractivity contribution in [2.24, 2.45) is 0 Å². The van der Waals surface area contributed by atoms with Gasteiger partial charge in [-0.2, -0.15) is 0 Å². The topological polar surface area (TPSA) is 20.2 Å². The molecule has 0 bridgehead atoms. The summed E-state index contributed by atoms with van der Waals surface area (Å²) in [5, 5.41) is 8.53. The smallest absolute Gasteiger partial charge is 0.140 e. The van der Waals surface area contributed by atoms with Gasteiger partial charge in [0.2, 0.25) is 0 Å². The fourth-order valence-electron chi connectivity index (χ4n) is 1.06. The molecule has 1 aromatic rings. The third-order valence-corrected chi connectivity index (χ3v) is 2.25. The van der Waals surface area contributed by atoms with E-state index in [1.54, 1.807) is 0 Å². The highest BCUT2D eigenvalue weighted by atomic mass is 79.9. The largest absolute Gasteiger partial charge is 0.396 e. The molecule has 0 unspecified atom stereocenters. The Balaban J connectivity index is 2.92. The highest BCUT2D eigenvalue weighted by Crippen LogP contribution is 2.21. The third kappa shape index (κ3) is 2.74. The molecule has 72 valence electrons. The zero-order chi connectivity index (χ0) is 9.84. The van der Waals surface area contributed by atoms with Crippen molar-refractivity contribution in [2.45, 2.75) is 12.8 Å². The van der Waals surface area contributed by atoms with Crippen LogP contribution in [0.3, 0.4) is 0 Å². The van der Waals surface area contributed by atoms with Gasteiger partial charge in [0.1, 0.15) is 11.6 Å². The Kier molecular flexibility index (Phi) is 3.81. The molecule has 0 aliphatic carbocycles. The average molecular weight is 251 g/mol. The first-order valence-corrected chi connectivity index (χ1v) is 4.68. The molecule has 0 fully saturated rings. The van der Waals surface area contributed by atoms with E-state index in [1.165, 1.54) is 0 Å². The van der Waals surface area contributed by atoms with E-state index in [-0.39, 0.29) is 11.1 Å². The van der Waals surface area contributed by atoms with Crippen LogP contribution < -0.4 is 0 Å². The van der Waals surface area contributed by atoms with Crippen LogP contribution in [0.15, 0.2) is 16.6 Å². The molecular weight excluding hydrogens is 242 g/mol. The molecule has 0 atom stereocenters. The monoisotopic (exact) mass is 250 g/mol. The summed E-state index contributed by atoms with van der Waals surface area (Å²) < 4.78 is 26.1. The van der Waals surface area contributed by atoms with Crippen molar-refractivity contribution in [3.8, 4) is 0 Å². The lowest BCUT2D eigenvalue weighted by atomic mass is 10.1. The van der Waals surface area contributed by atoms with Gasteiger partial charge in [-0.15, -0.1) is 0 Å². The molecule has 0 saturated heterocycles. The van der Waals surface area contributed by atoms with Crippen molar-refractivity contribution in [2.75, 3.05) is 6.61 Å². The zero-order valence-electron chi connectivity index (χ0n) is 6.86. The molecule has 1 nitrogen and oxygen atoms in total. The van der Waals surface area contributed by atoms with Crippen molar-refractivity contribution in [3.05, 3.63) is 33.8 Å². The van der Waals surface area contributed by atoms with E-state index in [2.05, 4.69) is 15.9 Å². The van der Waals surface area contributed by atoms with Crippen molar-refractivity contribution >= 4 is 15.9 Å². The predicted octanol–water partition coefficient (Wildman–Crippen LogP) is 2.65. The highest BCUT2D eigenvalue weighted by molar-refractivity contribution is 9.10. The highest BCUT2D eigenvalue weighted by Gasteiger charge is 2.08. The van der Waals surface area contributed by atoms with Crippen molar-refractivity contribution < 1.29 is 13.9 Å². The van der Waals surface area contributed by atoms with Crippen LogP contribution in [0, 0.1) is 11.6 Å². The van der Waals surface area contributed by atoms with Crippen LogP contribution in [0.2, 0.25) is 0 Å². The first-order valence-electron chi connectivity index (χ1n) is 3.89. The quantitative estimate of drug-likeness (QED) is 0.819. The van der Waals surface area contributed by atoms with E-state index < -0.39 is 11.6 Å². The second-order valence-corrected chi connectivity index (χ2v) is 3.54. The van der Waals surface area contributed by atoms with Crippen LogP contribution in [0.25, 0.3) is 0 Å². The third-order valence-electron chi connectivity index (χ3n) is 1.67. The Hall–Kier alpha value is -0.480. The maximum atomic E-state index is 13.2. The SMILES string of the molecule is OCCCc1cc(F)cc(Br)c1F. The van der Waals surface area contributed by atoms with Gasteiger partial charge in [-0.25, -0.2) is 8.78 Å². The van der Waals surface area contributed by atoms with Crippen molar-refractivity contribution in [3.63, 3.8) is 0 Å². The first-order chi connectivity index (χ1) is 6.15. The van der Waals surface area contributed by atoms with Crippen molar-refractivity contribution in [1.29, 1.82) is 0 Å². The van der Waals surface area contributed by atoms with Gasteiger partial charge in [0.25, 0.3) is 0 Å². The molecule has 1 rings (SSSR count). The van der Waals surface area contributed by atoms with Crippen LogP contribution in [-0.4, -0.2) is 11.7 Å². The molecule has 13 heavy (non-hydrogen) atoms. The minimum atomic E-state index is -0.471. The van der Waals surface area contributed by atoms with Gasteiger partial charge < -0.3 is 5.11 Å². The minimum absolute atomic E-state index is 0.0203. The van der Waals surface area contributed by atoms with E-state index in [9.17, 15) is 8.78 Å². The van der Waals surface area contributed by atoms with Gasteiger partial charge in [-0.3, -0.25) is 0 Å². The van der Waals surface area contributed by atoms with Crippen LogP contribution in [-0.2, 0) is 6.42 Å². The number of aryl methyl sites for hydroxylation is 1. The molecule has 0 amide bonds. The van der Waals surface area contributed by atoms with E-state index in [0.29, 0.717) is 18.4 Å². The first kappa shape index (κ1) is 10.6. The van der Waals surface area contributed by atoms with E-state index in [1.807, 2.05) is 0 Å². The maximum Gasteiger partial charge on any atom is 0.140 e. The van der Waals surface area contributed by atoms with Gasteiger partial charge in [0.15, 0.2) is 0 Å². The molecule has 4 heteroatoms. The summed E-state index contributed by atoms with van der Waals surface area (Å²) in [5.41, 5.74) is 0.293. The maximum absolute atomic E-state index is 13.2. The fraction of sp³-hybridized carbons (Fsp3) is 0.333. The molecule has 0 radical (unpaired) electrons. The standard InChI is InChI=1S/C9H9BrF2O/c10-8-5-7(11)4-6(9(8)12)2-1-3-13/h4-5,13H,1-3H2. The molecule has 0 aliphatic rings. The van der Waals surface area contributed by atoms with Gasteiger partial charge in [0, 0.05) is 6.61 Å². The predicted molar refractivity (Wildman–Crippen MR) is 49.5 cm³/mol. The Morgan fingerprint density at radius 1 is 1.31 bits per heavy atom. The number of aliphatic hydroxyl groups excluding tert-OH is 1. The lowest BCUT2D eigenvalue weighted by Gasteiger charge is -2.03. The molecule has 0 heterocycles. The summed E-state index contributed by atoms with van der Waals surface area (Å²) in [7, 11) is 0. The summed E-state index contributed by atoms with van der Waals surface area (Å²) in [4.78, 5) is 0. The number of hydrogen-bond donors (Lipinski definition) is 1. The minimum Gasteiger partial charge on any atom is -0.396 e. The molecular formula is C9H9BrF2O. The average Bonchev–Trinajstić information content (AvgIpc) is 2.09. The fourth-order valence-corrected chi connectivity index (χ4v) is 1.53.